The van der Waals surface area contributed by atoms with Crippen LogP contribution in [-0.4, -0.2) is 4.92 Å². The molecule has 5 heteroatoms. The van der Waals surface area contributed by atoms with Gasteiger partial charge in [-0.3, -0.25) is 10.1 Å². The van der Waals surface area contributed by atoms with Gasteiger partial charge in [0.1, 0.15) is 5.92 Å². The van der Waals surface area contributed by atoms with Crippen LogP contribution in [0.4, 0.5) is 5.69 Å². The van der Waals surface area contributed by atoms with E-state index < -0.39 is 10.8 Å². The number of nitro groups is 1. The maximum atomic E-state index is 11.7. The molecule has 0 aromatic heterocycles. The summed E-state index contributed by atoms with van der Waals surface area (Å²) in [4.78, 5) is 11.2. The zero-order valence-electron chi connectivity index (χ0n) is 14.8. The van der Waals surface area contributed by atoms with Crippen molar-refractivity contribution in [2.75, 3.05) is 0 Å². The number of nitro benzene ring substituents is 1. The lowest BCUT2D eigenvalue weighted by molar-refractivity contribution is -0.385. The Kier molecular flexibility index (Phi) is 5.60. The van der Waals surface area contributed by atoms with E-state index in [0.717, 1.165) is 5.56 Å². The summed E-state index contributed by atoms with van der Waals surface area (Å²) in [5.41, 5.74) is 2.54. The van der Waals surface area contributed by atoms with Gasteiger partial charge in [0.15, 0.2) is 0 Å². The van der Waals surface area contributed by atoms with Crippen LogP contribution in [0.2, 0.25) is 0 Å². The highest BCUT2D eigenvalue weighted by Gasteiger charge is 2.23. The summed E-state index contributed by atoms with van der Waals surface area (Å²) in [6.07, 6.45) is 1.61. The van der Waals surface area contributed by atoms with Gasteiger partial charge in [-0.2, -0.15) is 10.5 Å². The number of hydrogen-bond donors (Lipinski definition) is 0. The number of allylic oxidation sites excluding steroid dienone is 1. The normalized spacial score (nSPS) is 11.9. The summed E-state index contributed by atoms with van der Waals surface area (Å²) < 4.78 is 0. The lowest BCUT2D eigenvalue weighted by Crippen LogP contribution is -2.03. The molecule has 28 heavy (non-hydrogen) atoms. The van der Waals surface area contributed by atoms with Gasteiger partial charge in [-0.15, -0.1) is 0 Å². The second kappa shape index (κ2) is 8.44. The third-order valence-electron chi connectivity index (χ3n) is 4.34. The minimum absolute atomic E-state index is 0.144. The second-order valence-electron chi connectivity index (χ2n) is 6.08. The van der Waals surface area contributed by atoms with Crippen molar-refractivity contribution < 1.29 is 4.92 Å². The molecule has 0 aliphatic rings. The predicted molar refractivity (Wildman–Crippen MR) is 107 cm³/mol. The van der Waals surface area contributed by atoms with E-state index in [1.165, 1.54) is 6.07 Å². The summed E-state index contributed by atoms with van der Waals surface area (Å²) in [7, 11) is 0. The quantitative estimate of drug-likeness (QED) is 0.265. The van der Waals surface area contributed by atoms with E-state index >= 15 is 0 Å². The fraction of sp³-hybridized carbons (Fsp3) is 0.0435. The van der Waals surface area contributed by atoms with Gasteiger partial charge in [-0.25, -0.2) is 0 Å². The standard InChI is InChI=1S/C23H15N3O2/c24-15-20(18-7-3-1-4-8-18)13-17-11-12-21(23(14-17)26(27)28)22(16-25)19-9-5-2-6-10-19/h1-14,22H/b20-13-. The Labute approximate surface area is 162 Å². The van der Waals surface area contributed by atoms with E-state index in [9.17, 15) is 20.6 Å². The van der Waals surface area contributed by atoms with E-state index in [1.54, 1.807) is 54.6 Å². The largest absolute Gasteiger partial charge is 0.274 e. The summed E-state index contributed by atoms with van der Waals surface area (Å²) in [5, 5.41) is 30.7. The fourth-order valence-corrected chi connectivity index (χ4v) is 2.99. The smallest absolute Gasteiger partial charge is 0.258 e. The molecule has 1 unspecified atom stereocenters. The molecule has 0 spiro atoms. The molecule has 0 saturated carbocycles. The molecule has 3 rings (SSSR count). The minimum Gasteiger partial charge on any atom is -0.258 e. The van der Waals surface area contributed by atoms with Gasteiger partial charge in [0.05, 0.1) is 28.2 Å². The fourth-order valence-electron chi connectivity index (χ4n) is 2.99. The molecule has 0 heterocycles. The predicted octanol–water partition coefficient (Wildman–Crippen LogP) is 5.31. The zero-order chi connectivity index (χ0) is 19.9. The average molecular weight is 365 g/mol. The molecule has 3 aromatic rings. The lowest BCUT2D eigenvalue weighted by atomic mass is 9.90. The van der Waals surface area contributed by atoms with Crippen LogP contribution in [0, 0.1) is 32.8 Å². The highest BCUT2D eigenvalue weighted by molar-refractivity contribution is 5.89. The molecule has 1 atom stereocenters. The van der Waals surface area contributed by atoms with Gasteiger partial charge in [0, 0.05) is 6.07 Å². The molecule has 3 aromatic carbocycles. The minimum atomic E-state index is -0.746. The topological polar surface area (TPSA) is 90.7 Å². The van der Waals surface area contributed by atoms with Crippen molar-refractivity contribution in [3.05, 3.63) is 111 Å². The van der Waals surface area contributed by atoms with Crippen molar-refractivity contribution in [3.63, 3.8) is 0 Å². The molecular weight excluding hydrogens is 350 g/mol. The molecule has 134 valence electrons. The summed E-state index contributed by atoms with van der Waals surface area (Å²) in [5.74, 6) is -0.746. The van der Waals surface area contributed by atoms with Crippen molar-refractivity contribution in [3.8, 4) is 12.1 Å². The van der Waals surface area contributed by atoms with E-state index in [-0.39, 0.29) is 5.69 Å². The first-order chi connectivity index (χ1) is 13.6. The lowest BCUT2D eigenvalue weighted by Gasteiger charge is -2.11. The molecule has 0 amide bonds. The van der Waals surface area contributed by atoms with Gasteiger partial charge >= 0.3 is 0 Å². The van der Waals surface area contributed by atoms with Gasteiger partial charge in [0.2, 0.25) is 0 Å². The van der Waals surface area contributed by atoms with Crippen molar-refractivity contribution in [1.82, 2.24) is 0 Å². The van der Waals surface area contributed by atoms with Crippen LogP contribution in [0.5, 0.6) is 0 Å². The first-order valence-electron chi connectivity index (χ1n) is 8.54. The molecule has 0 radical (unpaired) electrons. The van der Waals surface area contributed by atoms with E-state index in [2.05, 4.69) is 12.1 Å². The Morgan fingerprint density at radius 3 is 2.18 bits per heavy atom. The highest BCUT2D eigenvalue weighted by atomic mass is 16.6. The monoisotopic (exact) mass is 365 g/mol. The zero-order valence-corrected chi connectivity index (χ0v) is 14.8. The molecular formula is C23H15N3O2. The van der Waals surface area contributed by atoms with Gasteiger partial charge in [-0.1, -0.05) is 66.7 Å². The summed E-state index contributed by atoms with van der Waals surface area (Å²) in [6.45, 7) is 0. The first-order valence-corrected chi connectivity index (χ1v) is 8.54. The molecule has 0 aliphatic heterocycles. The molecule has 0 bridgehead atoms. The number of nitrogens with zero attached hydrogens (tertiary/aromatic N) is 3. The van der Waals surface area contributed by atoms with Crippen LogP contribution in [0.25, 0.3) is 11.6 Å². The second-order valence-corrected chi connectivity index (χ2v) is 6.08. The van der Waals surface area contributed by atoms with Crippen molar-refractivity contribution in [2.45, 2.75) is 5.92 Å². The van der Waals surface area contributed by atoms with Crippen molar-refractivity contribution in [1.29, 1.82) is 10.5 Å². The first kappa shape index (κ1) is 18.6. The summed E-state index contributed by atoms with van der Waals surface area (Å²) >= 11 is 0. The van der Waals surface area contributed by atoms with Crippen LogP contribution in [0.1, 0.15) is 28.2 Å². The Bertz CT molecular complexity index is 1110. The molecule has 0 N–H and O–H groups in total. The Balaban J connectivity index is 2.07. The number of nitriles is 2. The molecule has 0 saturated heterocycles. The van der Waals surface area contributed by atoms with E-state index in [4.69, 9.17) is 0 Å². The highest BCUT2D eigenvalue weighted by Crippen LogP contribution is 2.33. The number of benzene rings is 3. The van der Waals surface area contributed by atoms with Crippen LogP contribution in [0.15, 0.2) is 78.9 Å². The Hall–Kier alpha value is -4.22. The van der Waals surface area contributed by atoms with Crippen LogP contribution >= 0.6 is 0 Å². The van der Waals surface area contributed by atoms with Gasteiger partial charge in [-0.05, 0) is 28.8 Å². The molecule has 0 aliphatic carbocycles. The molecule has 0 fully saturated rings. The molecule has 5 nitrogen and oxygen atoms in total. The Morgan fingerprint density at radius 1 is 0.964 bits per heavy atom. The third-order valence-corrected chi connectivity index (χ3v) is 4.34. The van der Waals surface area contributed by atoms with Crippen LogP contribution < -0.4 is 0 Å². The van der Waals surface area contributed by atoms with Gasteiger partial charge in [0.25, 0.3) is 5.69 Å². The maximum absolute atomic E-state index is 11.7. The van der Waals surface area contributed by atoms with E-state index in [1.807, 2.05) is 24.3 Å². The van der Waals surface area contributed by atoms with Crippen LogP contribution in [-0.2, 0) is 0 Å². The SMILES string of the molecule is N#C/C(=C/c1ccc(C(C#N)c2ccccc2)c([N+](=O)[O-])c1)c1ccccc1. The average Bonchev–Trinajstić information content (AvgIpc) is 2.74. The third kappa shape index (κ3) is 3.95. The maximum Gasteiger partial charge on any atom is 0.274 e. The van der Waals surface area contributed by atoms with Crippen molar-refractivity contribution >= 4 is 17.3 Å². The van der Waals surface area contributed by atoms with E-state index in [0.29, 0.717) is 22.3 Å². The van der Waals surface area contributed by atoms with Crippen molar-refractivity contribution in [2.24, 2.45) is 0 Å². The van der Waals surface area contributed by atoms with Crippen LogP contribution in [0.3, 0.4) is 0 Å². The summed E-state index contributed by atoms with van der Waals surface area (Å²) in [6, 6.07) is 27.0. The Morgan fingerprint density at radius 2 is 1.61 bits per heavy atom. The number of hydrogen-bond acceptors (Lipinski definition) is 4. The van der Waals surface area contributed by atoms with Gasteiger partial charge < -0.3 is 0 Å². The number of rotatable bonds is 5.